The zero-order chi connectivity index (χ0) is 23.8. The molecule has 0 aromatic heterocycles. The number of hydrogen-bond acceptors (Lipinski definition) is 5. The molecule has 0 bridgehead atoms. The number of fused-ring (bicyclic) bond motifs is 1. The lowest BCUT2D eigenvalue weighted by Crippen LogP contribution is -2.50. The fraction of sp³-hybridized carbons (Fsp3) is 0.348. The van der Waals surface area contributed by atoms with Gasteiger partial charge >= 0.3 is 0 Å². The number of benzodiazepines with no additional fused rings is 1. The van der Waals surface area contributed by atoms with Crippen LogP contribution in [-0.4, -0.2) is 55.0 Å². The average molecular weight is 507 g/mol. The molecule has 1 amide bonds. The number of halogens is 2. The van der Waals surface area contributed by atoms with Crippen LogP contribution in [0.2, 0.25) is 10.0 Å². The van der Waals surface area contributed by atoms with Crippen LogP contribution in [0.1, 0.15) is 25.0 Å². The molecule has 33 heavy (non-hydrogen) atoms. The van der Waals surface area contributed by atoms with E-state index in [0.717, 1.165) is 0 Å². The van der Waals surface area contributed by atoms with E-state index in [1.54, 1.807) is 31.3 Å². The van der Waals surface area contributed by atoms with Gasteiger partial charge in [-0.05, 0) is 50.3 Å². The molecular formula is C23H24Cl2N4O3S. The van der Waals surface area contributed by atoms with Gasteiger partial charge in [-0.3, -0.25) is 4.79 Å². The molecular weight excluding hydrogens is 483 g/mol. The number of amides is 1. The third kappa shape index (κ3) is 5.31. The second-order valence-electron chi connectivity index (χ2n) is 8.22. The van der Waals surface area contributed by atoms with Crippen molar-refractivity contribution in [1.82, 2.24) is 10.6 Å². The Labute approximate surface area is 208 Å². The number of hydrogen-bond donors (Lipinski definition) is 2. The number of thiocarbonyl (C=S) groups is 1. The maximum atomic E-state index is 13.3. The van der Waals surface area contributed by atoms with Crippen LogP contribution in [0.15, 0.2) is 47.5 Å². The summed E-state index contributed by atoms with van der Waals surface area (Å²) in [6.07, 6.45) is -1.12. The summed E-state index contributed by atoms with van der Waals surface area (Å²) in [7, 11) is 1.69. The first-order valence-electron chi connectivity index (χ1n) is 10.4. The zero-order valence-electron chi connectivity index (χ0n) is 18.4. The molecule has 0 radical (unpaired) electrons. The molecule has 2 aliphatic heterocycles. The van der Waals surface area contributed by atoms with Crippen LogP contribution in [0.3, 0.4) is 0 Å². The van der Waals surface area contributed by atoms with Gasteiger partial charge in [-0.25, -0.2) is 4.99 Å². The lowest BCUT2D eigenvalue weighted by atomic mass is 10.00. The van der Waals surface area contributed by atoms with Crippen molar-refractivity contribution in [2.24, 2.45) is 4.99 Å². The molecule has 1 saturated heterocycles. The van der Waals surface area contributed by atoms with Gasteiger partial charge in [0.25, 0.3) is 5.91 Å². The number of benzene rings is 2. The Hall–Kier alpha value is -2.23. The van der Waals surface area contributed by atoms with Crippen LogP contribution in [0.25, 0.3) is 0 Å². The molecule has 2 heterocycles. The molecule has 2 aromatic carbocycles. The van der Waals surface area contributed by atoms with Crippen molar-refractivity contribution < 1.29 is 14.3 Å². The smallest absolute Gasteiger partial charge is 0.272 e. The van der Waals surface area contributed by atoms with Crippen LogP contribution < -0.4 is 15.5 Å². The maximum absolute atomic E-state index is 13.3. The first-order chi connectivity index (χ1) is 15.6. The Morgan fingerprint density at radius 3 is 2.70 bits per heavy atom. The van der Waals surface area contributed by atoms with Gasteiger partial charge in [0.1, 0.15) is 6.10 Å². The summed E-state index contributed by atoms with van der Waals surface area (Å²) in [6.45, 7) is 4.61. The summed E-state index contributed by atoms with van der Waals surface area (Å²) >= 11 is 18.2. The van der Waals surface area contributed by atoms with Crippen molar-refractivity contribution in [3.05, 3.63) is 63.6 Å². The number of carbonyl (C=O) groups excluding carboxylic acids is 1. The van der Waals surface area contributed by atoms with Crippen LogP contribution in [0.4, 0.5) is 5.69 Å². The SMILES string of the molecule is CN1C(=O)C(NC(=S)NCC2COC(C)(C)O2)N=C(c2ccccc2Cl)c2cc(Cl)ccc21. The number of nitrogens with one attached hydrogen (secondary N) is 2. The summed E-state index contributed by atoms with van der Waals surface area (Å²) < 4.78 is 11.4. The van der Waals surface area contributed by atoms with Crippen molar-refractivity contribution in [2.75, 3.05) is 25.1 Å². The molecule has 174 valence electrons. The molecule has 10 heteroatoms. The number of nitrogens with zero attached hydrogens (tertiary/aromatic N) is 2. The summed E-state index contributed by atoms with van der Waals surface area (Å²) in [4.78, 5) is 19.6. The van der Waals surface area contributed by atoms with Crippen LogP contribution in [-0.2, 0) is 14.3 Å². The number of ether oxygens (including phenoxy) is 2. The van der Waals surface area contributed by atoms with Crippen molar-refractivity contribution in [3.63, 3.8) is 0 Å². The minimum atomic E-state index is -0.968. The first-order valence-corrected chi connectivity index (χ1v) is 11.6. The highest BCUT2D eigenvalue weighted by atomic mass is 35.5. The van der Waals surface area contributed by atoms with Crippen LogP contribution >= 0.6 is 35.4 Å². The summed E-state index contributed by atoms with van der Waals surface area (Å²) in [5, 5.41) is 7.43. The maximum Gasteiger partial charge on any atom is 0.272 e. The Morgan fingerprint density at radius 1 is 1.24 bits per heavy atom. The molecule has 2 aliphatic rings. The Kier molecular flexibility index (Phi) is 6.93. The molecule has 0 spiro atoms. The Balaban J connectivity index is 1.62. The third-order valence-corrected chi connectivity index (χ3v) is 6.18. The second-order valence-corrected chi connectivity index (χ2v) is 9.48. The summed E-state index contributed by atoms with van der Waals surface area (Å²) in [6, 6.07) is 12.6. The summed E-state index contributed by atoms with van der Waals surface area (Å²) in [5.41, 5.74) is 2.61. The molecule has 0 aliphatic carbocycles. The van der Waals surface area contributed by atoms with E-state index >= 15 is 0 Å². The number of anilines is 1. The molecule has 7 nitrogen and oxygen atoms in total. The monoisotopic (exact) mass is 506 g/mol. The highest BCUT2D eigenvalue weighted by molar-refractivity contribution is 7.80. The zero-order valence-corrected chi connectivity index (χ0v) is 20.7. The van der Waals surface area contributed by atoms with Gasteiger partial charge in [-0.2, -0.15) is 0 Å². The van der Waals surface area contributed by atoms with Gasteiger partial charge in [0.05, 0.1) is 18.0 Å². The Morgan fingerprint density at radius 2 is 2.00 bits per heavy atom. The van der Waals surface area contributed by atoms with Crippen LogP contribution in [0, 0.1) is 0 Å². The predicted octanol–water partition coefficient (Wildman–Crippen LogP) is 3.75. The average Bonchev–Trinajstić information content (AvgIpc) is 3.09. The normalized spacial score (nSPS) is 21.8. The van der Waals surface area contributed by atoms with E-state index in [-0.39, 0.29) is 17.1 Å². The van der Waals surface area contributed by atoms with E-state index in [9.17, 15) is 4.79 Å². The highest BCUT2D eigenvalue weighted by Crippen LogP contribution is 2.31. The van der Waals surface area contributed by atoms with E-state index in [1.807, 2.05) is 32.0 Å². The minimum Gasteiger partial charge on any atom is -0.360 e. The molecule has 1 fully saturated rings. The van der Waals surface area contributed by atoms with Crippen molar-refractivity contribution >= 4 is 57.8 Å². The summed E-state index contributed by atoms with van der Waals surface area (Å²) in [5.74, 6) is -0.894. The fourth-order valence-electron chi connectivity index (χ4n) is 3.75. The number of carbonyl (C=O) groups is 1. The second kappa shape index (κ2) is 9.56. The lowest BCUT2D eigenvalue weighted by Gasteiger charge is -2.22. The number of likely N-dealkylation sites (N-methyl/N-ethyl adjacent to an activating group) is 1. The first kappa shape index (κ1) is 23.9. The number of aliphatic imine (C=N–C) groups is 1. The van der Waals surface area contributed by atoms with Crippen molar-refractivity contribution in [1.29, 1.82) is 0 Å². The molecule has 2 aromatic rings. The van der Waals surface area contributed by atoms with Gasteiger partial charge in [0.2, 0.25) is 6.17 Å². The topological polar surface area (TPSA) is 75.2 Å². The van der Waals surface area contributed by atoms with Gasteiger partial charge in [0.15, 0.2) is 10.9 Å². The van der Waals surface area contributed by atoms with Gasteiger partial charge in [-0.15, -0.1) is 0 Å². The van der Waals surface area contributed by atoms with Crippen molar-refractivity contribution in [2.45, 2.75) is 31.9 Å². The van der Waals surface area contributed by atoms with Gasteiger partial charge in [-0.1, -0.05) is 41.4 Å². The van der Waals surface area contributed by atoms with E-state index in [4.69, 9.17) is 49.9 Å². The largest absolute Gasteiger partial charge is 0.360 e. The predicted molar refractivity (Wildman–Crippen MR) is 134 cm³/mol. The Bertz CT molecular complexity index is 1120. The van der Waals surface area contributed by atoms with E-state index in [0.29, 0.717) is 45.7 Å². The van der Waals surface area contributed by atoms with Gasteiger partial charge in [0, 0.05) is 34.8 Å². The molecule has 4 rings (SSSR count). The standard InChI is InChI=1S/C23H24Cl2N4O3S/c1-23(2)31-12-14(32-23)11-26-22(33)28-20-21(30)29(3)18-9-8-13(24)10-16(18)19(27-20)15-6-4-5-7-17(15)25/h4-10,14,20H,11-12H2,1-3H3,(H2,26,28,33). The molecule has 2 unspecified atom stereocenters. The fourth-order valence-corrected chi connectivity index (χ4v) is 4.35. The van der Waals surface area contributed by atoms with Gasteiger partial charge < -0.3 is 25.0 Å². The van der Waals surface area contributed by atoms with Crippen molar-refractivity contribution in [3.8, 4) is 0 Å². The van der Waals surface area contributed by atoms with E-state index in [2.05, 4.69) is 10.6 Å². The quantitative estimate of drug-likeness (QED) is 0.615. The number of rotatable bonds is 4. The molecule has 2 N–H and O–H groups in total. The highest BCUT2D eigenvalue weighted by Gasteiger charge is 2.34. The minimum absolute atomic E-state index is 0.152. The molecule has 0 saturated carbocycles. The van der Waals surface area contributed by atoms with Crippen LogP contribution in [0.5, 0.6) is 0 Å². The third-order valence-electron chi connectivity index (χ3n) is 5.35. The van der Waals surface area contributed by atoms with E-state index < -0.39 is 12.0 Å². The lowest BCUT2D eigenvalue weighted by molar-refractivity contribution is -0.137. The molecule has 2 atom stereocenters. The van der Waals surface area contributed by atoms with E-state index in [1.165, 1.54) is 4.90 Å².